The molecule has 23 heavy (non-hydrogen) atoms. The third kappa shape index (κ3) is 3.37. The lowest BCUT2D eigenvalue weighted by Gasteiger charge is -2.36. The van der Waals surface area contributed by atoms with Crippen molar-refractivity contribution in [2.24, 2.45) is 18.7 Å². The SMILES string of the molecule is Cn1cc(N2CCN(C(=O)C(N)C3CCOCC3)CC2=O)cn1. The number of aryl methyl sites for hydroxylation is 1. The van der Waals surface area contributed by atoms with Crippen LogP contribution in [0.4, 0.5) is 5.69 Å². The van der Waals surface area contributed by atoms with Gasteiger partial charge in [-0.1, -0.05) is 0 Å². The van der Waals surface area contributed by atoms with Gasteiger partial charge in [0.15, 0.2) is 0 Å². The summed E-state index contributed by atoms with van der Waals surface area (Å²) in [5, 5.41) is 4.08. The summed E-state index contributed by atoms with van der Waals surface area (Å²) in [4.78, 5) is 28.2. The number of carbonyl (C=O) groups is 2. The minimum Gasteiger partial charge on any atom is -0.381 e. The Hall–Kier alpha value is -1.93. The third-order valence-corrected chi connectivity index (χ3v) is 4.59. The molecule has 1 aromatic heterocycles. The molecule has 3 rings (SSSR count). The standard InChI is InChI=1S/C15H23N5O3/c1-18-9-12(8-17-18)20-5-4-19(10-13(20)21)15(22)14(16)11-2-6-23-7-3-11/h8-9,11,14H,2-7,10,16H2,1H3. The van der Waals surface area contributed by atoms with E-state index in [4.69, 9.17) is 10.5 Å². The van der Waals surface area contributed by atoms with E-state index in [1.165, 1.54) is 0 Å². The fourth-order valence-corrected chi connectivity index (χ4v) is 3.17. The Labute approximate surface area is 135 Å². The molecule has 2 aliphatic rings. The van der Waals surface area contributed by atoms with Gasteiger partial charge in [-0.25, -0.2) is 0 Å². The molecule has 2 saturated heterocycles. The molecule has 0 aliphatic carbocycles. The summed E-state index contributed by atoms with van der Waals surface area (Å²) in [5.74, 6) is -0.0874. The Morgan fingerprint density at radius 1 is 1.39 bits per heavy atom. The van der Waals surface area contributed by atoms with Crippen molar-refractivity contribution in [1.82, 2.24) is 14.7 Å². The highest BCUT2D eigenvalue weighted by Gasteiger charge is 2.34. The zero-order valence-electron chi connectivity index (χ0n) is 13.4. The number of nitrogens with zero attached hydrogens (tertiary/aromatic N) is 4. The van der Waals surface area contributed by atoms with E-state index in [0.717, 1.165) is 18.5 Å². The van der Waals surface area contributed by atoms with E-state index < -0.39 is 6.04 Å². The number of hydrogen-bond donors (Lipinski definition) is 1. The molecule has 126 valence electrons. The lowest BCUT2D eigenvalue weighted by atomic mass is 9.91. The molecule has 2 N–H and O–H groups in total. The molecule has 2 fully saturated rings. The number of amides is 2. The Balaban J connectivity index is 1.60. The van der Waals surface area contributed by atoms with Gasteiger partial charge in [-0.05, 0) is 18.8 Å². The van der Waals surface area contributed by atoms with Crippen molar-refractivity contribution in [2.75, 3.05) is 37.7 Å². The number of ether oxygens (including phenoxy) is 1. The van der Waals surface area contributed by atoms with Gasteiger partial charge >= 0.3 is 0 Å². The fraction of sp³-hybridized carbons (Fsp3) is 0.667. The number of piperazine rings is 1. The Morgan fingerprint density at radius 3 is 2.74 bits per heavy atom. The number of rotatable bonds is 3. The van der Waals surface area contributed by atoms with Crippen LogP contribution in [-0.4, -0.2) is 65.4 Å². The maximum absolute atomic E-state index is 12.6. The molecule has 0 bridgehead atoms. The van der Waals surface area contributed by atoms with Crippen molar-refractivity contribution in [1.29, 1.82) is 0 Å². The zero-order valence-corrected chi connectivity index (χ0v) is 13.4. The van der Waals surface area contributed by atoms with Crippen LogP contribution in [0.2, 0.25) is 0 Å². The number of anilines is 1. The summed E-state index contributed by atoms with van der Waals surface area (Å²) < 4.78 is 6.96. The first kappa shape index (κ1) is 15.9. The largest absolute Gasteiger partial charge is 0.381 e. The molecular weight excluding hydrogens is 298 g/mol. The lowest BCUT2D eigenvalue weighted by molar-refractivity contribution is -0.139. The fourth-order valence-electron chi connectivity index (χ4n) is 3.17. The van der Waals surface area contributed by atoms with Crippen LogP contribution in [0.3, 0.4) is 0 Å². The second-order valence-electron chi connectivity index (χ2n) is 6.15. The first-order valence-electron chi connectivity index (χ1n) is 7.97. The van der Waals surface area contributed by atoms with Crippen LogP contribution < -0.4 is 10.6 Å². The topological polar surface area (TPSA) is 93.7 Å². The van der Waals surface area contributed by atoms with Gasteiger partial charge < -0.3 is 20.3 Å². The smallest absolute Gasteiger partial charge is 0.246 e. The van der Waals surface area contributed by atoms with Crippen molar-refractivity contribution >= 4 is 17.5 Å². The van der Waals surface area contributed by atoms with Crippen LogP contribution in [-0.2, 0) is 21.4 Å². The van der Waals surface area contributed by atoms with Gasteiger partial charge in [-0.2, -0.15) is 5.10 Å². The van der Waals surface area contributed by atoms with Gasteiger partial charge in [-0.15, -0.1) is 0 Å². The summed E-state index contributed by atoms with van der Waals surface area (Å²) in [5.41, 5.74) is 6.89. The van der Waals surface area contributed by atoms with Crippen molar-refractivity contribution in [3.05, 3.63) is 12.4 Å². The van der Waals surface area contributed by atoms with Gasteiger partial charge in [0.25, 0.3) is 0 Å². The minimum atomic E-state index is -0.545. The molecule has 3 heterocycles. The van der Waals surface area contributed by atoms with Gasteiger partial charge in [0.1, 0.15) is 6.54 Å². The van der Waals surface area contributed by atoms with E-state index in [9.17, 15) is 9.59 Å². The number of hydrogen-bond acceptors (Lipinski definition) is 5. The summed E-state index contributed by atoms with van der Waals surface area (Å²) in [6.07, 6.45) is 5.05. The highest BCUT2D eigenvalue weighted by atomic mass is 16.5. The molecule has 1 aromatic rings. The molecule has 2 aliphatic heterocycles. The molecule has 1 atom stereocenters. The van der Waals surface area contributed by atoms with Crippen molar-refractivity contribution < 1.29 is 14.3 Å². The van der Waals surface area contributed by atoms with Crippen LogP contribution in [0.5, 0.6) is 0 Å². The predicted octanol–water partition coefficient (Wildman–Crippen LogP) is -0.651. The average Bonchev–Trinajstić information content (AvgIpc) is 3.00. The van der Waals surface area contributed by atoms with Crippen LogP contribution in [0, 0.1) is 5.92 Å². The Kier molecular flexibility index (Phi) is 4.63. The van der Waals surface area contributed by atoms with E-state index in [2.05, 4.69) is 5.10 Å². The van der Waals surface area contributed by atoms with Gasteiger partial charge in [0.05, 0.1) is 17.9 Å². The summed E-state index contributed by atoms with van der Waals surface area (Å²) in [6, 6.07) is -0.545. The van der Waals surface area contributed by atoms with E-state index >= 15 is 0 Å². The molecular formula is C15H23N5O3. The van der Waals surface area contributed by atoms with Crippen LogP contribution in [0.1, 0.15) is 12.8 Å². The van der Waals surface area contributed by atoms with E-state index in [1.54, 1.807) is 33.9 Å². The number of aromatic nitrogens is 2. The minimum absolute atomic E-state index is 0.0741. The molecule has 8 heteroatoms. The molecule has 0 radical (unpaired) electrons. The molecule has 8 nitrogen and oxygen atoms in total. The van der Waals surface area contributed by atoms with Crippen LogP contribution in [0.15, 0.2) is 12.4 Å². The molecule has 1 unspecified atom stereocenters. The number of carbonyl (C=O) groups excluding carboxylic acids is 2. The predicted molar refractivity (Wildman–Crippen MR) is 83.7 cm³/mol. The van der Waals surface area contributed by atoms with Crippen molar-refractivity contribution in [3.63, 3.8) is 0 Å². The molecule has 2 amide bonds. The third-order valence-electron chi connectivity index (χ3n) is 4.59. The van der Waals surface area contributed by atoms with E-state index in [-0.39, 0.29) is 24.3 Å². The second kappa shape index (κ2) is 6.67. The van der Waals surface area contributed by atoms with Crippen LogP contribution >= 0.6 is 0 Å². The van der Waals surface area contributed by atoms with Gasteiger partial charge in [-0.3, -0.25) is 14.3 Å². The highest BCUT2D eigenvalue weighted by molar-refractivity contribution is 5.98. The first-order chi connectivity index (χ1) is 11.1. The zero-order chi connectivity index (χ0) is 16.4. The van der Waals surface area contributed by atoms with E-state index in [1.807, 2.05) is 0 Å². The Bertz CT molecular complexity index is 581. The maximum atomic E-state index is 12.6. The summed E-state index contributed by atoms with van der Waals surface area (Å²) >= 11 is 0. The highest BCUT2D eigenvalue weighted by Crippen LogP contribution is 2.21. The Morgan fingerprint density at radius 2 is 2.13 bits per heavy atom. The molecule has 0 aromatic carbocycles. The summed E-state index contributed by atoms with van der Waals surface area (Å²) in [6.45, 7) is 2.34. The van der Waals surface area contributed by atoms with Crippen molar-refractivity contribution in [2.45, 2.75) is 18.9 Å². The second-order valence-corrected chi connectivity index (χ2v) is 6.15. The van der Waals surface area contributed by atoms with Gasteiger partial charge in [0, 0.05) is 39.5 Å². The van der Waals surface area contributed by atoms with Gasteiger partial charge in [0.2, 0.25) is 11.8 Å². The first-order valence-corrected chi connectivity index (χ1v) is 7.97. The quantitative estimate of drug-likeness (QED) is 0.798. The monoisotopic (exact) mass is 321 g/mol. The van der Waals surface area contributed by atoms with Crippen molar-refractivity contribution in [3.8, 4) is 0 Å². The summed E-state index contributed by atoms with van der Waals surface area (Å²) in [7, 11) is 1.81. The average molecular weight is 321 g/mol. The van der Waals surface area contributed by atoms with E-state index in [0.29, 0.717) is 26.3 Å². The van der Waals surface area contributed by atoms with Crippen LogP contribution in [0.25, 0.3) is 0 Å². The number of nitrogens with two attached hydrogens (primary N) is 1. The molecule has 0 spiro atoms. The lowest BCUT2D eigenvalue weighted by Crippen LogP contribution is -2.57. The normalized spacial score (nSPS) is 21.6. The molecule has 0 saturated carbocycles. The maximum Gasteiger partial charge on any atom is 0.246 e.